The number of aliphatic hydroxyl groups is 1. The molecule has 0 bridgehead atoms. The second-order valence-corrected chi connectivity index (χ2v) is 5.13. The molecule has 1 saturated heterocycles. The van der Waals surface area contributed by atoms with E-state index in [2.05, 4.69) is 28.3 Å². The number of imidazole rings is 1. The molecule has 0 spiro atoms. The largest absolute Gasteiger partial charge is 0.396 e. The van der Waals surface area contributed by atoms with Gasteiger partial charge in [0.15, 0.2) is 0 Å². The molecule has 1 aliphatic rings. The molecule has 0 saturated carbocycles. The second-order valence-electron chi connectivity index (χ2n) is 5.13. The van der Waals surface area contributed by atoms with E-state index in [0.29, 0.717) is 6.04 Å². The normalized spacial score (nSPS) is 21.7. The van der Waals surface area contributed by atoms with Gasteiger partial charge in [0.25, 0.3) is 0 Å². The first-order chi connectivity index (χ1) is 8.70. The summed E-state index contributed by atoms with van der Waals surface area (Å²) in [5.41, 5.74) is 1.25. The van der Waals surface area contributed by atoms with Crippen LogP contribution in [-0.2, 0) is 11.3 Å². The molecule has 1 N–H and O–H groups in total. The lowest BCUT2D eigenvalue weighted by molar-refractivity contribution is -0.0413. The molecule has 1 atom stereocenters. The predicted octanol–water partition coefficient (Wildman–Crippen LogP) is 1.05. The van der Waals surface area contributed by atoms with Crippen LogP contribution < -0.4 is 0 Å². The second kappa shape index (κ2) is 6.31. The highest BCUT2D eigenvalue weighted by Crippen LogP contribution is 2.15. The van der Waals surface area contributed by atoms with Crippen molar-refractivity contribution in [3.63, 3.8) is 0 Å². The molecule has 1 fully saturated rings. The molecule has 1 unspecified atom stereocenters. The smallest absolute Gasteiger partial charge is 0.0951 e. The van der Waals surface area contributed by atoms with E-state index >= 15 is 0 Å². The Morgan fingerprint density at radius 2 is 2.39 bits per heavy atom. The van der Waals surface area contributed by atoms with Crippen LogP contribution in [0, 0.1) is 0 Å². The Hall–Kier alpha value is -0.910. The molecule has 5 nitrogen and oxygen atoms in total. The van der Waals surface area contributed by atoms with E-state index < -0.39 is 0 Å². The molecule has 1 aromatic heterocycles. The Morgan fingerprint density at radius 3 is 3.11 bits per heavy atom. The van der Waals surface area contributed by atoms with Gasteiger partial charge >= 0.3 is 0 Å². The van der Waals surface area contributed by atoms with Gasteiger partial charge in [0.05, 0.1) is 24.7 Å². The Bertz CT molecular complexity index is 363. The summed E-state index contributed by atoms with van der Waals surface area (Å²) in [5.74, 6) is 0. The fourth-order valence-corrected chi connectivity index (χ4v) is 2.39. The molecule has 102 valence electrons. The summed E-state index contributed by atoms with van der Waals surface area (Å²) in [4.78, 5) is 6.60. The minimum Gasteiger partial charge on any atom is -0.396 e. The van der Waals surface area contributed by atoms with Crippen molar-refractivity contribution in [2.75, 3.05) is 26.3 Å². The third-order valence-electron chi connectivity index (χ3n) is 3.36. The Kier molecular flexibility index (Phi) is 4.74. The lowest BCUT2D eigenvalue weighted by Crippen LogP contribution is -2.42. The van der Waals surface area contributed by atoms with E-state index in [0.717, 1.165) is 32.7 Å². The van der Waals surface area contributed by atoms with E-state index in [1.165, 1.54) is 5.69 Å². The summed E-state index contributed by atoms with van der Waals surface area (Å²) >= 11 is 0. The number of nitrogens with zero attached hydrogens (tertiary/aromatic N) is 3. The lowest BCUT2D eigenvalue weighted by Gasteiger charge is -2.32. The lowest BCUT2D eigenvalue weighted by atomic mass is 10.2. The predicted molar refractivity (Wildman–Crippen MR) is 69.3 cm³/mol. The monoisotopic (exact) mass is 253 g/mol. The summed E-state index contributed by atoms with van der Waals surface area (Å²) in [6.07, 6.45) is 4.72. The maximum Gasteiger partial charge on any atom is 0.0951 e. The number of rotatable bonds is 5. The number of aromatic nitrogens is 2. The number of ether oxygens (including phenoxy) is 1. The molecule has 0 aliphatic carbocycles. The van der Waals surface area contributed by atoms with Crippen LogP contribution in [0.5, 0.6) is 0 Å². The van der Waals surface area contributed by atoms with E-state index in [4.69, 9.17) is 9.84 Å². The molecular formula is C13H23N3O2. The zero-order valence-electron chi connectivity index (χ0n) is 11.2. The van der Waals surface area contributed by atoms with Gasteiger partial charge in [-0.1, -0.05) is 0 Å². The molecule has 5 heteroatoms. The van der Waals surface area contributed by atoms with Crippen LogP contribution >= 0.6 is 0 Å². The van der Waals surface area contributed by atoms with Crippen molar-refractivity contribution in [3.05, 3.63) is 18.2 Å². The average molecular weight is 253 g/mol. The van der Waals surface area contributed by atoms with Crippen LogP contribution in [0.15, 0.2) is 12.5 Å². The third-order valence-corrected chi connectivity index (χ3v) is 3.36. The van der Waals surface area contributed by atoms with Gasteiger partial charge in [0.1, 0.15) is 0 Å². The molecule has 1 aliphatic heterocycles. The van der Waals surface area contributed by atoms with Crippen molar-refractivity contribution in [1.29, 1.82) is 0 Å². The fourth-order valence-electron chi connectivity index (χ4n) is 2.39. The van der Waals surface area contributed by atoms with Gasteiger partial charge in [0.2, 0.25) is 0 Å². The molecule has 0 aromatic carbocycles. The minimum absolute atomic E-state index is 0.166. The van der Waals surface area contributed by atoms with E-state index in [-0.39, 0.29) is 12.7 Å². The van der Waals surface area contributed by atoms with Crippen LogP contribution in [0.25, 0.3) is 0 Å². The van der Waals surface area contributed by atoms with Gasteiger partial charge in [-0.05, 0) is 20.3 Å². The molecule has 0 amide bonds. The number of hydrogen-bond acceptors (Lipinski definition) is 4. The van der Waals surface area contributed by atoms with Gasteiger partial charge in [-0.15, -0.1) is 0 Å². The molecule has 2 rings (SSSR count). The van der Waals surface area contributed by atoms with Crippen LogP contribution in [0.1, 0.15) is 32.0 Å². The third kappa shape index (κ3) is 3.31. The van der Waals surface area contributed by atoms with Crippen molar-refractivity contribution in [1.82, 2.24) is 14.5 Å². The van der Waals surface area contributed by atoms with Gasteiger partial charge < -0.3 is 14.4 Å². The molecular weight excluding hydrogens is 230 g/mol. The molecule has 1 aromatic rings. The van der Waals surface area contributed by atoms with Crippen molar-refractivity contribution in [3.8, 4) is 0 Å². The maximum atomic E-state index is 8.97. The minimum atomic E-state index is 0.166. The Labute approximate surface area is 108 Å². The van der Waals surface area contributed by atoms with E-state index in [1.807, 2.05) is 12.5 Å². The van der Waals surface area contributed by atoms with Crippen molar-refractivity contribution in [2.24, 2.45) is 0 Å². The summed E-state index contributed by atoms with van der Waals surface area (Å²) < 4.78 is 7.83. The number of aliphatic hydroxyl groups excluding tert-OH is 1. The van der Waals surface area contributed by atoms with Gasteiger partial charge in [-0.25, -0.2) is 4.98 Å². The molecule has 18 heavy (non-hydrogen) atoms. The van der Waals surface area contributed by atoms with Crippen LogP contribution in [-0.4, -0.2) is 52.0 Å². The SMILES string of the molecule is CC(C)n1cncc1CN1CCOC(CCO)C1. The highest BCUT2D eigenvalue weighted by atomic mass is 16.5. The van der Waals surface area contributed by atoms with Gasteiger partial charge in [-0.2, -0.15) is 0 Å². The maximum absolute atomic E-state index is 8.97. The van der Waals surface area contributed by atoms with E-state index in [9.17, 15) is 0 Å². The van der Waals surface area contributed by atoms with Crippen LogP contribution in [0.2, 0.25) is 0 Å². The summed E-state index contributed by atoms with van der Waals surface area (Å²) in [7, 11) is 0. The number of hydrogen-bond donors (Lipinski definition) is 1. The molecule has 0 radical (unpaired) electrons. The average Bonchev–Trinajstić information content (AvgIpc) is 2.78. The quantitative estimate of drug-likeness (QED) is 0.852. The van der Waals surface area contributed by atoms with Crippen LogP contribution in [0.3, 0.4) is 0 Å². The van der Waals surface area contributed by atoms with Crippen molar-refractivity contribution < 1.29 is 9.84 Å². The van der Waals surface area contributed by atoms with Gasteiger partial charge in [0, 0.05) is 38.5 Å². The van der Waals surface area contributed by atoms with E-state index in [1.54, 1.807) is 0 Å². The Morgan fingerprint density at radius 1 is 1.56 bits per heavy atom. The zero-order chi connectivity index (χ0) is 13.0. The summed E-state index contributed by atoms with van der Waals surface area (Å²) in [6.45, 7) is 8.03. The Balaban J connectivity index is 1.94. The first-order valence-electron chi connectivity index (χ1n) is 6.66. The molecule has 2 heterocycles. The summed E-state index contributed by atoms with van der Waals surface area (Å²) in [5, 5.41) is 8.97. The van der Waals surface area contributed by atoms with Gasteiger partial charge in [-0.3, -0.25) is 4.90 Å². The summed E-state index contributed by atoms with van der Waals surface area (Å²) in [6, 6.07) is 0.441. The first kappa shape index (κ1) is 13.5. The zero-order valence-corrected chi connectivity index (χ0v) is 11.2. The highest BCUT2D eigenvalue weighted by molar-refractivity contribution is 5.00. The standard InChI is InChI=1S/C13H23N3O2/c1-11(2)16-10-14-7-12(16)8-15-4-6-18-13(9-15)3-5-17/h7,10-11,13,17H,3-6,8-9H2,1-2H3. The van der Waals surface area contributed by atoms with Crippen molar-refractivity contribution in [2.45, 2.75) is 39.0 Å². The van der Waals surface area contributed by atoms with Crippen molar-refractivity contribution >= 4 is 0 Å². The topological polar surface area (TPSA) is 50.5 Å². The highest BCUT2D eigenvalue weighted by Gasteiger charge is 2.21. The first-order valence-corrected chi connectivity index (χ1v) is 6.66. The van der Waals surface area contributed by atoms with Crippen LogP contribution in [0.4, 0.5) is 0 Å². The number of morpholine rings is 1. The fraction of sp³-hybridized carbons (Fsp3) is 0.769.